The minimum absolute atomic E-state index is 0.00547. The summed E-state index contributed by atoms with van der Waals surface area (Å²) in [5, 5.41) is 58.1. The van der Waals surface area contributed by atoms with Crippen LogP contribution in [0.3, 0.4) is 0 Å². The Hall–Kier alpha value is -6.09. The van der Waals surface area contributed by atoms with Gasteiger partial charge in [-0.25, -0.2) is 0 Å². The maximum absolute atomic E-state index is 12.0. The van der Waals surface area contributed by atoms with Crippen LogP contribution in [-0.2, 0) is 0 Å². The van der Waals surface area contributed by atoms with E-state index in [9.17, 15) is 35.4 Å². The number of hydrogen-bond acceptors (Lipinski definition) is 8. The molecule has 0 amide bonds. The van der Waals surface area contributed by atoms with Gasteiger partial charge in [0, 0.05) is 23.8 Å². The molecule has 3 aromatic rings. The monoisotopic (exact) mass is 854 g/mol. The van der Waals surface area contributed by atoms with Crippen LogP contribution in [0.1, 0.15) is 94.9 Å². The third kappa shape index (κ3) is 14.5. The summed E-state index contributed by atoms with van der Waals surface area (Å²) in [6.45, 7) is 21.6. The van der Waals surface area contributed by atoms with E-state index in [1.54, 1.807) is 0 Å². The number of allylic oxidation sites excluding steroid dienone is 20. The molecule has 334 valence electrons. The van der Waals surface area contributed by atoms with Gasteiger partial charge in [0.2, 0.25) is 0 Å². The molecule has 5 rings (SSSR count). The molecule has 2 aliphatic rings. The molecule has 0 bridgehead atoms. The molecule has 63 heavy (non-hydrogen) atoms. The lowest BCUT2D eigenvalue weighted by molar-refractivity contribution is 0.116. The molecule has 0 unspecified atom stereocenters. The van der Waals surface area contributed by atoms with E-state index in [2.05, 4.69) is 154 Å². The van der Waals surface area contributed by atoms with Crippen LogP contribution in [-0.4, -0.2) is 42.8 Å². The smallest absolute Gasteiger partial charge is 0.197 e. The van der Waals surface area contributed by atoms with Gasteiger partial charge >= 0.3 is 0 Å². The van der Waals surface area contributed by atoms with Crippen molar-refractivity contribution in [3.63, 3.8) is 0 Å². The number of hydrogen-bond donors (Lipinski definition) is 6. The number of aliphatic hydroxyl groups excluding tert-OH is 2. The number of fused-ring (bicyclic) bond motifs is 1. The molecule has 8 nitrogen and oxygen atoms in total. The Balaban J connectivity index is 0.000000343. The SMILES string of the molecule is CC1=C(/C=C/C(C)=C/C=C/C(C)=C/C=C/C=C(C)/C=C/C=C(C)/C=C/C2=C(C)C[C@@H](O)CC2(C)C)C(C)(C)C[C@H](O)C1.O=c1cc(-c2ccc(O)c(O)c2)oc2cc(O)cc(O)c12. The van der Waals surface area contributed by atoms with E-state index in [4.69, 9.17) is 4.42 Å². The Kier molecular flexibility index (Phi) is 17.2. The van der Waals surface area contributed by atoms with Crippen molar-refractivity contribution >= 4 is 11.0 Å². The Labute approximate surface area is 373 Å². The second-order valence-corrected chi connectivity index (χ2v) is 18.2. The standard InChI is InChI=1S/C40H56O2.C15H10O6/c1-29(17-13-19-31(3)21-23-37-33(5)25-35(41)27-39(37,7)8)15-11-12-16-30(2)18-14-20-32(4)22-24-38-34(6)26-36(42)28-40(38,9)10;16-8-4-11(19)15-12(20)6-13(21-14(15)5-8)7-1-2-9(17)10(18)3-7/h11-24,35-36,41-42H,25-28H2,1-10H3;1-6,16-19H/b12-11+,17-13+,18-14+,23-21+,24-22+,29-15+,30-16+,31-19+,32-20+;/t35-,36-;/m1./s1. The molecular formula is C55H66O8. The minimum Gasteiger partial charge on any atom is -0.508 e. The van der Waals surface area contributed by atoms with Gasteiger partial charge in [-0.1, -0.05) is 146 Å². The fraction of sp³-hybridized carbons (Fsp3) is 0.327. The molecule has 0 saturated heterocycles. The molecule has 6 N–H and O–H groups in total. The van der Waals surface area contributed by atoms with Crippen molar-refractivity contribution in [3.8, 4) is 34.3 Å². The van der Waals surface area contributed by atoms with Crippen LogP contribution in [0.2, 0.25) is 0 Å². The summed E-state index contributed by atoms with van der Waals surface area (Å²) in [7, 11) is 0. The summed E-state index contributed by atoms with van der Waals surface area (Å²) >= 11 is 0. The normalized spacial score (nSPS) is 20.3. The predicted molar refractivity (Wildman–Crippen MR) is 259 cm³/mol. The third-order valence-corrected chi connectivity index (χ3v) is 11.3. The molecule has 0 saturated carbocycles. The summed E-state index contributed by atoms with van der Waals surface area (Å²) in [5.74, 6) is -1.13. The summed E-state index contributed by atoms with van der Waals surface area (Å²) in [5.41, 5.74) is 9.96. The van der Waals surface area contributed by atoms with Crippen molar-refractivity contribution in [1.82, 2.24) is 0 Å². The molecule has 1 aromatic heterocycles. The highest BCUT2D eigenvalue weighted by molar-refractivity contribution is 5.86. The fourth-order valence-electron chi connectivity index (χ4n) is 8.20. The first-order valence-electron chi connectivity index (χ1n) is 21.4. The zero-order valence-corrected chi connectivity index (χ0v) is 38.5. The van der Waals surface area contributed by atoms with E-state index in [1.807, 2.05) is 0 Å². The van der Waals surface area contributed by atoms with Crippen LogP contribution in [0.15, 0.2) is 175 Å². The van der Waals surface area contributed by atoms with Gasteiger partial charge in [0.1, 0.15) is 28.2 Å². The lowest BCUT2D eigenvalue weighted by Crippen LogP contribution is -2.28. The van der Waals surface area contributed by atoms with E-state index >= 15 is 0 Å². The summed E-state index contributed by atoms with van der Waals surface area (Å²) in [4.78, 5) is 12.0. The number of phenols is 4. The van der Waals surface area contributed by atoms with Gasteiger partial charge in [-0.15, -0.1) is 0 Å². The molecule has 1 heterocycles. The fourth-order valence-corrected chi connectivity index (χ4v) is 8.20. The molecule has 0 fully saturated rings. The number of aliphatic hydroxyl groups is 2. The first-order valence-corrected chi connectivity index (χ1v) is 21.4. The van der Waals surface area contributed by atoms with Crippen molar-refractivity contribution in [3.05, 3.63) is 176 Å². The molecule has 8 heteroatoms. The van der Waals surface area contributed by atoms with Crippen molar-refractivity contribution in [2.24, 2.45) is 10.8 Å². The quantitative estimate of drug-likeness (QED) is 0.0824. The van der Waals surface area contributed by atoms with Crippen molar-refractivity contribution < 1.29 is 35.1 Å². The molecule has 0 aliphatic heterocycles. The first kappa shape index (κ1) is 49.6. The molecular weight excluding hydrogens is 789 g/mol. The molecule has 2 atom stereocenters. The van der Waals surface area contributed by atoms with Crippen LogP contribution >= 0.6 is 0 Å². The maximum Gasteiger partial charge on any atom is 0.197 e. The molecule has 0 spiro atoms. The lowest BCUT2D eigenvalue weighted by Gasteiger charge is -2.35. The highest BCUT2D eigenvalue weighted by Gasteiger charge is 2.32. The Morgan fingerprint density at radius 3 is 1.52 bits per heavy atom. The number of phenolic OH excluding ortho intramolecular Hbond substituents is 4. The third-order valence-electron chi connectivity index (χ3n) is 11.3. The van der Waals surface area contributed by atoms with Crippen molar-refractivity contribution in [2.75, 3.05) is 0 Å². The lowest BCUT2D eigenvalue weighted by atomic mass is 9.71. The number of rotatable bonds is 11. The highest BCUT2D eigenvalue weighted by Crippen LogP contribution is 2.42. The van der Waals surface area contributed by atoms with Crippen molar-refractivity contribution in [1.29, 1.82) is 0 Å². The summed E-state index contributed by atoms with van der Waals surface area (Å²) in [6, 6.07) is 7.37. The van der Waals surface area contributed by atoms with E-state index in [0.717, 1.165) is 37.8 Å². The number of benzene rings is 2. The van der Waals surface area contributed by atoms with Crippen LogP contribution in [0.25, 0.3) is 22.3 Å². The Morgan fingerprint density at radius 2 is 1.06 bits per heavy atom. The van der Waals surface area contributed by atoms with Gasteiger partial charge in [0.15, 0.2) is 16.9 Å². The zero-order chi connectivity index (χ0) is 46.6. The first-order chi connectivity index (χ1) is 29.6. The zero-order valence-electron chi connectivity index (χ0n) is 38.5. The summed E-state index contributed by atoms with van der Waals surface area (Å²) in [6.07, 6.45) is 32.6. The van der Waals surface area contributed by atoms with Gasteiger partial charge in [-0.3, -0.25) is 4.79 Å². The average Bonchev–Trinajstić information content (AvgIpc) is 3.16. The topological polar surface area (TPSA) is 152 Å². The van der Waals surface area contributed by atoms with Crippen LogP contribution in [0.5, 0.6) is 23.0 Å². The van der Waals surface area contributed by atoms with Gasteiger partial charge in [-0.2, -0.15) is 0 Å². The van der Waals surface area contributed by atoms with E-state index in [1.165, 1.54) is 68.9 Å². The molecule has 2 aromatic carbocycles. The summed E-state index contributed by atoms with van der Waals surface area (Å²) < 4.78 is 5.47. The number of aromatic hydroxyl groups is 4. The van der Waals surface area contributed by atoms with Crippen LogP contribution in [0.4, 0.5) is 0 Å². The predicted octanol–water partition coefficient (Wildman–Crippen LogP) is 12.8. The van der Waals surface area contributed by atoms with Crippen LogP contribution in [0, 0.1) is 10.8 Å². The maximum atomic E-state index is 12.0. The van der Waals surface area contributed by atoms with Gasteiger partial charge in [-0.05, 0) is 107 Å². The largest absolute Gasteiger partial charge is 0.508 e. The van der Waals surface area contributed by atoms with Gasteiger partial charge in [0.25, 0.3) is 0 Å². The van der Waals surface area contributed by atoms with Gasteiger partial charge in [0.05, 0.1) is 12.2 Å². The minimum atomic E-state index is -0.490. The Morgan fingerprint density at radius 1 is 0.603 bits per heavy atom. The Bertz CT molecular complexity index is 2450. The highest BCUT2D eigenvalue weighted by atomic mass is 16.3. The second-order valence-electron chi connectivity index (χ2n) is 18.2. The van der Waals surface area contributed by atoms with Gasteiger partial charge < -0.3 is 35.1 Å². The second kappa shape index (κ2) is 21.8. The van der Waals surface area contributed by atoms with E-state index < -0.39 is 5.43 Å². The average molecular weight is 855 g/mol. The van der Waals surface area contributed by atoms with Crippen molar-refractivity contribution in [2.45, 2.75) is 107 Å². The van der Waals surface area contributed by atoms with E-state index in [-0.39, 0.29) is 62.8 Å². The molecule has 0 radical (unpaired) electrons. The van der Waals surface area contributed by atoms with E-state index in [0.29, 0.717) is 5.56 Å². The van der Waals surface area contributed by atoms with Crippen LogP contribution < -0.4 is 5.43 Å². The molecule has 2 aliphatic carbocycles.